The number of hydrogen-bond donors (Lipinski definition) is 1. The first-order valence-corrected chi connectivity index (χ1v) is 7.50. The van der Waals surface area contributed by atoms with Gasteiger partial charge in [0.1, 0.15) is 11.3 Å². The van der Waals surface area contributed by atoms with Crippen LogP contribution in [-0.4, -0.2) is 17.2 Å². The molecule has 1 aromatic heterocycles. The zero-order chi connectivity index (χ0) is 16.6. The molecule has 1 heterocycles. The van der Waals surface area contributed by atoms with Crippen molar-refractivity contribution in [3.63, 3.8) is 0 Å². The number of aryl methyl sites for hydroxylation is 1. The molecule has 2 aromatic carbocycles. The largest absolute Gasteiger partial charge is 0.507 e. The van der Waals surface area contributed by atoms with Crippen LogP contribution >= 0.6 is 0 Å². The highest BCUT2D eigenvalue weighted by Gasteiger charge is 2.22. The summed E-state index contributed by atoms with van der Waals surface area (Å²) in [6.07, 6.45) is -0.233. The first kappa shape index (κ1) is 15.2. The molecule has 0 aliphatic heterocycles. The standard InChI is InChI=1S/C19H18O4/c1-11(2)22-19(21)18-12(3)17-15(20)9-14(10-16(17)23-18)13-7-5-4-6-8-13/h4-11,20H,1-3H3. The van der Waals surface area contributed by atoms with E-state index in [2.05, 4.69) is 0 Å². The number of phenols is 1. The number of rotatable bonds is 3. The van der Waals surface area contributed by atoms with Gasteiger partial charge in [-0.05, 0) is 44.0 Å². The Kier molecular flexibility index (Phi) is 3.82. The van der Waals surface area contributed by atoms with Gasteiger partial charge < -0.3 is 14.3 Å². The second kappa shape index (κ2) is 5.80. The Morgan fingerprint density at radius 1 is 1.13 bits per heavy atom. The zero-order valence-electron chi connectivity index (χ0n) is 13.3. The predicted molar refractivity (Wildman–Crippen MR) is 88.6 cm³/mol. The molecule has 23 heavy (non-hydrogen) atoms. The topological polar surface area (TPSA) is 59.7 Å². The third kappa shape index (κ3) is 2.80. The van der Waals surface area contributed by atoms with Crippen LogP contribution in [0, 0.1) is 6.92 Å². The molecule has 0 saturated carbocycles. The Labute approximate surface area is 134 Å². The maximum Gasteiger partial charge on any atom is 0.374 e. The van der Waals surface area contributed by atoms with Gasteiger partial charge >= 0.3 is 5.97 Å². The summed E-state index contributed by atoms with van der Waals surface area (Å²) in [4.78, 5) is 12.1. The van der Waals surface area contributed by atoms with Gasteiger partial charge in [-0.15, -0.1) is 0 Å². The van der Waals surface area contributed by atoms with Crippen LogP contribution in [0.4, 0.5) is 0 Å². The maximum atomic E-state index is 12.1. The van der Waals surface area contributed by atoms with Gasteiger partial charge in [-0.3, -0.25) is 0 Å². The Balaban J connectivity index is 2.13. The van der Waals surface area contributed by atoms with E-state index in [1.54, 1.807) is 26.8 Å². The number of carbonyl (C=O) groups excluding carboxylic acids is 1. The third-order valence-electron chi connectivity index (χ3n) is 3.64. The van der Waals surface area contributed by atoms with E-state index in [9.17, 15) is 9.90 Å². The minimum atomic E-state index is -0.519. The zero-order valence-corrected chi connectivity index (χ0v) is 13.3. The smallest absolute Gasteiger partial charge is 0.374 e. The van der Waals surface area contributed by atoms with Crippen molar-refractivity contribution >= 4 is 16.9 Å². The van der Waals surface area contributed by atoms with Crippen LogP contribution in [0.25, 0.3) is 22.1 Å². The summed E-state index contributed by atoms with van der Waals surface area (Å²) in [6, 6.07) is 13.2. The van der Waals surface area contributed by atoms with Crippen molar-refractivity contribution in [2.24, 2.45) is 0 Å². The molecule has 0 saturated heterocycles. The van der Waals surface area contributed by atoms with Gasteiger partial charge in [-0.2, -0.15) is 0 Å². The number of ether oxygens (including phenoxy) is 1. The number of phenolic OH excluding ortho intramolecular Hbond substituents is 1. The van der Waals surface area contributed by atoms with Crippen molar-refractivity contribution in [1.29, 1.82) is 0 Å². The normalized spacial score (nSPS) is 11.1. The molecule has 0 fully saturated rings. The number of hydrogen-bond acceptors (Lipinski definition) is 4. The van der Waals surface area contributed by atoms with Crippen molar-refractivity contribution in [3.8, 4) is 16.9 Å². The molecule has 3 aromatic rings. The molecular formula is C19H18O4. The third-order valence-corrected chi connectivity index (χ3v) is 3.64. The molecule has 4 nitrogen and oxygen atoms in total. The second-order valence-electron chi connectivity index (χ2n) is 5.74. The van der Waals surface area contributed by atoms with E-state index in [0.717, 1.165) is 11.1 Å². The number of aromatic hydroxyl groups is 1. The Morgan fingerprint density at radius 2 is 1.83 bits per heavy atom. The molecule has 0 atom stereocenters. The van der Waals surface area contributed by atoms with Crippen LogP contribution in [0.15, 0.2) is 46.9 Å². The van der Waals surface area contributed by atoms with Gasteiger partial charge in [0.15, 0.2) is 0 Å². The van der Waals surface area contributed by atoms with E-state index in [0.29, 0.717) is 16.5 Å². The summed E-state index contributed by atoms with van der Waals surface area (Å²) in [7, 11) is 0. The number of benzene rings is 2. The SMILES string of the molecule is Cc1c(C(=O)OC(C)C)oc2cc(-c3ccccc3)cc(O)c12. The highest BCUT2D eigenvalue weighted by atomic mass is 16.6. The maximum absolute atomic E-state index is 12.1. The first-order valence-electron chi connectivity index (χ1n) is 7.50. The van der Waals surface area contributed by atoms with Crippen LogP contribution in [0.3, 0.4) is 0 Å². The van der Waals surface area contributed by atoms with Crippen molar-refractivity contribution in [2.45, 2.75) is 26.9 Å². The summed E-state index contributed by atoms with van der Waals surface area (Å²) in [5, 5.41) is 10.9. The first-order chi connectivity index (χ1) is 11.0. The van der Waals surface area contributed by atoms with E-state index >= 15 is 0 Å². The summed E-state index contributed by atoms with van der Waals surface area (Å²) < 4.78 is 10.9. The highest BCUT2D eigenvalue weighted by Crippen LogP contribution is 2.37. The minimum Gasteiger partial charge on any atom is -0.507 e. The monoisotopic (exact) mass is 310 g/mol. The lowest BCUT2D eigenvalue weighted by molar-refractivity contribution is 0.0343. The van der Waals surface area contributed by atoms with E-state index in [-0.39, 0.29) is 17.6 Å². The fraction of sp³-hybridized carbons (Fsp3) is 0.211. The Hall–Kier alpha value is -2.75. The quantitative estimate of drug-likeness (QED) is 0.714. The predicted octanol–water partition coefficient (Wildman–Crippen LogP) is 4.68. The van der Waals surface area contributed by atoms with Crippen molar-refractivity contribution in [3.05, 3.63) is 53.8 Å². The van der Waals surface area contributed by atoms with Crippen LogP contribution in [0.1, 0.15) is 30.0 Å². The molecule has 0 amide bonds. The molecule has 118 valence electrons. The van der Waals surface area contributed by atoms with Crippen molar-refractivity contribution in [2.75, 3.05) is 0 Å². The Bertz CT molecular complexity index is 860. The average Bonchev–Trinajstić information content (AvgIpc) is 2.85. The molecule has 0 radical (unpaired) electrons. The highest BCUT2D eigenvalue weighted by molar-refractivity contribution is 5.99. The van der Waals surface area contributed by atoms with Gasteiger partial charge in [0, 0.05) is 5.56 Å². The van der Waals surface area contributed by atoms with Crippen LogP contribution < -0.4 is 0 Å². The summed E-state index contributed by atoms with van der Waals surface area (Å²) in [5.41, 5.74) is 2.85. The molecule has 0 unspecified atom stereocenters. The average molecular weight is 310 g/mol. The minimum absolute atomic E-state index is 0.0891. The number of esters is 1. The van der Waals surface area contributed by atoms with E-state index in [4.69, 9.17) is 9.15 Å². The van der Waals surface area contributed by atoms with Gasteiger partial charge in [0.2, 0.25) is 5.76 Å². The van der Waals surface area contributed by atoms with Crippen LogP contribution in [0.5, 0.6) is 5.75 Å². The lowest BCUT2D eigenvalue weighted by Gasteiger charge is -2.05. The van der Waals surface area contributed by atoms with Gasteiger partial charge in [0.25, 0.3) is 0 Å². The molecule has 3 rings (SSSR count). The van der Waals surface area contributed by atoms with Gasteiger partial charge in [0.05, 0.1) is 11.5 Å². The Morgan fingerprint density at radius 3 is 2.48 bits per heavy atom. The van der Waals surface area contributed by atoms with Gasteiger partial charge in [-0.25, -0.2) is 4.79 Å². The summed E-state index contributed by atoms with van der Waals surface area (Å²) in [5.74, 6) is -0.297. The molecule has 0 spiro atoms. The summed E-state index contributed by atoms with van der Waals surface area (Å²) in [6.45, 7) is 5.30. The molecule has 0 aliphatic carbocycles. The molecule has 0 aliphatic rings. The van der Waals surface area contributed by atoms with E-state index < -0.39 is 5.97 Å². The number of furan rings is 1. The molecular weight excluding hydrogens is 292 g/mol. The molecule has 0 bridgehead atoms. The van der Waals surface area contributed by atoms with E-state index in [1.165, 1.54) is 0 Å². The fourth-order valence-electron chi connectivity index (χ4n) is 2.62. The number of carbonyl (C=O) groups is 1. The molecule has 4 heteroatoms. The van der Waals surface area contributed by atoms with Crippen LogP contribution in [0.2, 0.25) is 0 Å². The van der Waals surface area contributed by atoms with Gasteiger partial charge in [-0.1, -0.05) is 30.3 Å². The lowest BCUT2D eigenvalue weighted by atomic mass is 10.0. The van der Waals surface area contributed by atoms with E-state index in [1.807, 2.05) is 36.4 Å². The lowest BCUT2D eigenvalue weighted by Crippen LogP contribution is -2.11. The second-order valence-corrected chi connectivity index (χ2v) is 5.74. The van der Waals surface area contributed by atoms with Crippen LogP contribution in [-0.2, 0) is 4.74 Å². The number of fused-ring (bicyclic) bond motifs is 1. The molecule has 1 N–H and O–H groups in total. The van der Waals surface area contributed by atoms with Crippen molar-refractivity contribution < 1.29 is 19.1 Å². The van der Waals surface area contributed by atoms with Crippen molar-refractivity contribution in [1.82, 2.24) is 0 Å². The fourth-order valence-corrected chi connectivity index (χ4v) is 2.62. The summed E-state index contributed by atoms with van der Waals surface area (Å²) >= 11 is 0.